The lowest BCUT2D eigenvalue weighted by Gasteiger charge is -2.09. The quantitative estimate of drug-likeness (QED) is 0.490. The molecule has 0 aliphatic heterocycles. The zero-order valence-electron chi connectivity index (χ0n) is 15.5. The number of fused-ring (bicyclic) bond motifs is 2. The largest absolute Gasteiger partial charge is 0.459 e. The van der Waals surface area contributed by atoms with E-state index in [0.29, 0.717) is 29.1 Å². The molecule has 28 heavy (non-hydrogen) atoms. The molecule has 1 fully saturated rings. The lowest BCUT2D eigenvalue weighted by atomic mass is 10.2. The Morgan fingerprint density at radius 3 is 2.89 bits per heavy atom. The molecule has 0 bridgehead atoms. The molecule has 9 nitrogen and oxygen atoms in total. The van der Waals surface area contributed by atoms with E-state index in [-0.39, 0.29) is 5.91 Å². The Labute approximate surface area is 160 Å². The molecule has 142 valence electrons. The topological polar surface area (TPSA) is 112 Å². The molecule has 0 radical (unpaired) electrons. The monoisotopic (exact) mass is 377 g/mol. The Bertz CT molecular complexity index is 1190. The summed E-state index contributed by atoms with van der Waals surface area (Å²) in [5.74, 6) is 1.03. The average Bonchev–Trinajstić information content (AvgIpc) is 3.19. The molecule has 1 amide bonds. The van der Waals surface area contributed by atoms with Crippen molar-refractivity contribution in [2.24, 2.45) is 0 Å². The first-order chi connectivity index (χ1) is 13.6. The zero-order valence-corrected chi connectivity index (χ0v) is 15.5. The van der Waals surface area contributed by atoms with E-state index < -0.39 is 0 Å². The van der Waals surface area contributed by atoms with E-state index in [9.17, 15) is 4.79 Å². The second kappa shape index (κ2) is 6.22. The number of nitrogens with one attached hydrogen (secondary N) is 3. The van der Waals surface area contributed by atoms with Crippen molar-refractivity contribution in [2.45, 2.75) is 18.9 Å². The Balaban J connectivity index is 1.47. The normalized spacial score (nSPS) is 13.8. The molecule has 0 saturated heterocycles. The van der Waals surface area contributed by atoms with E-state index in [4.69, 9.17) is 4.42 Å². The van der Waals surface area contributed by atoms with Crippen LogP contribution in [0.25, 0.3) is 22.0 Å². The lowest BCUT2D eigenvalue weighted by Crippen LogP contribution is -2.22. The molecule has 0 spiro atoms. The molecule has 0 unspecified atom stereocenters. The SMILES string of the molecule is CN(C)C(=O)c1n[nH]c2cc(Nc3nc(NC4CC4)c4occc4n3)ccc12. The summed E-state index contributed by atoms with van der Waals surface area (Å²) in [4.78, 5) is 22.8. The van der Waals surface area contributed by atoms with Crippen LogP contribution in [-0.2, 0) is 0 Å². The fraction of sp³-hybridized carbons (Fsp3) is 0.263. The first-order valence-electron chi connectivity index (χ1n) is 9.07. The number of H-pyrrole nitrogens is 1. The number of carbonyl (C=O) groups is 1. The second-order valence-electron chi connectivity index (χ2n) is 7.11. The fourth-order valence-corrected chi connectivity index (χ4v) is 3.04. The highest BCUT2D eigenvalue weighted by Crippen LogP contribution is 2.30. The molecule has 0 atom stereocenters. The number of aromatic amines is 1. The van der Waals surface area contributed by atoms with Crippen LogP contribution in [0.1, 0.15) is 23.3 Å². The van der Waals surface area contributed by atoms with Crippen LogP contribution in [0.15, 0.2) is 34.9 Å². The molecule has 9 heteroatoms. The van der Waals surface area contributed by atoms with Gasteiger partial charge in [-0.1, -0.05) is 0 Å². The van der Waals surface area contributed by atoms with Gasteiger partial charge in [-0.15, -0.1) is 0 Å². The Morgan fingerprint density at radius 2 is 2.11 bits per heavy atom. The minimum absolute atomic E-state index is 0.142. The summed E-state index contributed by atoms with van der Waals surface area (Å²) in [6, 6.07) is 7.88. The van der Waals surface area contributed by atoms with Crippen LogP contribution in [0.2, 0.25) is 0 Å². The van der Waals surface area contributed by atoms with E-state index in [1.165, 1.54) is 4.90 Å². The highest BCUT2D eigenvalue weighted by atomic mass is 16.3. The van der Waals surface area contributed by atoms with Gasteiger partial charge in [0.15, 0.2) is 17.1 Å². The highest BCUT2D eigenvalue weighted by Gasteiger charge is 2.24. The van der Waals surface area contributed by atoms with Gasteiger partial charge in [-0.2, -0.15) is 10.1 Å². The average molecular weight is 377 g/mol. The number of aromatic nitrogens is 4. The van der Waals surface area contributed by atoms with Crippen LogP contribution in [0, 0.1) is 0 Å². The maximum atomic E-state index is 12.2. The van der Waals surface area contributed by atoms with Crippen molar-refractivity contribution >= 4 is 45.4 Å². The number of anilines is 3. The number of rotatable bonds is 5. The Hall–Kier alpha value is -3.62. The van der Waals surface area contributed by atoms with Crippen LogP contribution < -0.4 is 10.6 Å². The van der Waals surface area contributed by atoms with Gasteiger partial charge in [0.05, 0.1) is 11.8 Å². The summed E-state index contributed by atoms with van der Waals surface area (Å²) in [6.45, 7) is 0. The maximum Gasteiger partial charge on any atom is 0.274 e. The predicted molar refractivity (Wildman–Crippen MR) is 106 cm³/mol. The summed E-state index contributed by atoms with van der Waals surface area (Å²) in [6.07, 6.45) is 3.89. The van der Waals surface area contributed by atoms with Crippen molar-refractivity contribution in [2.75, 3.05) is 24.7 Å². The maximum absolute atomic E-state index is 12.2. The first-order valence-corrected chi connectivity index (χ1v) is 9.07. The predicted octanol–water partition coefficient (Wildman–Crippen LogP) is 3.12. The fourth-order valence-electron chi connectivity index (χ4n) is 3.04. The van der Waals surface area contributed by atoms with Gasteiger partial charge in [0.1, 0.15) is 5.52 Å². The molecule has 4 aromatic rings. The summed E-state index contributed by atoms with van der Waals surface area (Å²) >= 11 is 0. The van der Waals surface area contributed by atoms with Gasteiger partial charge in [0.25, 0.3) is 5.91 Å². The van der Waals surface area contributed by atoms with Crippen molar-refractivity contribution in [3.8, 4) is 0 Å². The molecule has 1 saturated carbocycles. The summed E-state index contributed by atoms with van der Waals surface area (Å²) in [5, 5.41) is 14.5. The van der Waals surface area contributed by atoms with Gasteiger partial charge in [-0.25, -0.2) is 4.98 Å². The Morgan fingerprint density at radius 1 is 1.25 bits per heavy atom. The van der Waals surface area contributed by atoms with Crippen molar-refractivity contribution in [3.05, 3.63) is 36.2 Å². The number of nitrogens with zero attached hydrogens (tertiary/aromatic N) is 4. The van der Waals surface area contributed by atoms with E-state index in [0.717, 1.165) is 34.9 Å². The van der Waals surface area contributed by atoms with E-state index in [1.54, 1.807) is 20.4 Å². The third kappa shape index (κ3) is 2.90. The van der Waals surface area contributed by atoms with Crippen molar-refractivity contribution in [3.63, 3.8) is 0 Å². The van der Waals surface area contributed by atoms with Gasteiger partial charge in [-0.3, -0.25) is 9.89 Å². The number of hydrogen-bond donors (Lipinski definition) is 3. The number of benzene rings is 1. The molecule has 3 N–H and O–H groups in total. The molecular weight excluding hydrogens is 358 g/mol. The van der Waals surface area contributed by atoms with Crippen molar-refractivity contribution in [1.29, 1.82) is 0 Å². The third-order valence-corrected chi connectivity index (χ3v) is 4.65. The van der Waals surface area contributed by atoms with Crippen LogP contribution in [0.3, 0.4) is 0 Å². The highest BCUT2D eigenvalue weighted by molar-refractivity contribution is 6.05. The van der Waals surface area contributed by atoms with Gasteiger partial charge in [-0.05, 0) is 31.0 Å². The summed E-state index contributed by atoms with van der Waals surface area (Å²) in [7, 11) is 3.41. The van der Waals surface area contributed by atoms with Gasteiger partial charge in [0, 0.05) is 37.3 Å². The summed E-state index contributed by atoms with van der Waals surface area (Å²) < 4.78 is 5.52. The van der Waals surface area contributed by atoms with Gasteiger partial charge >= 0.3 is 0 Å². The van der Waals surface area contributed by atoms with E-state index in [1.807, 2.05) is 24.3 Å². The van der Waals surface area contributed by atoms with E-state index in [2.05, 4.69) is 30.8 Å². The van der Waals surface area contributed by atoms with Crippen LogP contribution in [-0.4, -0.2) is 51.1 Å². The van der Waals surface area contributed by atoms with Crippen LogP contribution in [0.5, 0.6) is 0 Å². The molecule has 1 aliphatic rings. The number of hydrogen-bond acceptors (Lipinski definition) is 7. The number of furan rings is 1. The van der Waals surface area contributed by atoms with E-state index >= 15 is 0 Å². The second-order valence-corrected chi connectivity index (χ2v) is 7.11. The minimum Gasteiger partial charge on any atom is -0.459 e. The molecule has 3 heterocycles. The first kappa shape index (κ1) is 16.5. The lowest BCUT2D eigenvalue weighted by molar-refractivity contribution is 0.0823. The molecule has 1 aromatic carbocycles. The standard InChI is InChI=1S/C19H19N7O2/c1-26(2)18(27)15-12-6-5-11(9-14(12)24-25-15)21-19-22-13-7-8-28-16(13)17(23-19)20-10-3-4-10/h5-10H,3-4H2,1-2H3,(H,24,25)(H2,20,21,22,23). The van der Waals surface area contributed by atoms with Gasteiger partial charge < -0.3 is 20.0 Å². The number of carbonyl (C=O) groups excluding carboxylic acids is 1. The van der Waals surface area contributed by atoms with Gasteiger partial charge in [0.2, 0.25) is 5.95 Å². The minimum atomic E-state index is -0.142. The smallest absolute Gasteiger partial charge is 0.274 e. The van der Waals surface area contributed by atoms with Crippen molar-refractivity contribution < 1.29 is 9.21 Å². The van der Waals surface area contributed by atoms with Crippen molar-refractivity contribution in [1.82, 2.24) is 25.1 Å². The summed E-state index contributed by atoms with van der Waals surface area (Å²) in [5.41, 5.74) is 3.35. The Kier molecular flexibility index (Phi) is 3.68. The molecule has 1 aliphatic carbocycles. The number of amides is 1. The molecule has 5 rings (SSSR count). The zero-order chi connectivity index (χ0) is 19.3. The van der Waals surface area contributed by atoms with Crippen LogP contribution in [0.4, 0.5) is 17.5 Å². The molecule has 3 aromatic heterocycles. The third-order valence-electron chi connectivity index (χ3n) is 4.65. The van der Waals surface area contributed by atoms with Crippen LogP contribution >= 0.6 is 0 Å². The molecular formula is C19H19N7O2.